The second kappa shape index (κ2) is 15.7. The molecule has 0 amide bonds. The van der Waals surface area contributed by atoms with E-state index in [0.29, 0.717) is 0 Å². The van der Waals surface area contributed by atoms with Gasteiger partial charge in [-0.05, 0) is 76.4 Å². The predicted octanol–water partition coefficient (Wildman–Crippen LogP) is 14.0. The number of benzene rings is 5. The summed E-state index contributed by atoms with van der Waals surface area (Å²) in [6.07, 6.45) is 5.60. The summed E-state index contributed by atoms with van der Waals surface area (Å²) in [7, 11) is 0. The van der Waals surface area contributed by atoms with Gasteiger partial charge in [0.15, 0.2) is 0 Å². The van der Waals surface area contributed by atoms with E-state index in [0.717, 1.165) is 95.9 Å². The molecule has 4 aromatic heterocycles. The molecule has 9 aromatic rings. The minimum absolute atomic E-state index is 0. The van der Waals surface area contributed by atoms with Crippen LogP contribution in [-0.4, -0.2) is 9.97 Å². The number of aromatic nitrogens is 2. The van der Waals surface area contributed by atoms with E-state index in [9.17, 15) is 0 Å². The second-order valence-electron chi connectivity index (χ2n) is 16.9. The molecule has 4 nitrogen and oxygen atoms in total. The van der Waals surface area contributed by atoms with Crippen LogP contribution in [0.1, 0.15) is 58.2 Å². The molecule has 0 N–H and O–H groups in total. The van der Waals surface area contributed by atoms with Gasteiger partial charge in [-0.25, -0.2) is 0 Å². The van der Waals surface area contributed by atoms with Crippen molar-refractivity contribution >= 4 is 43.9 Å². The van der Waals surface area contributed by atoms with Crippen LogP contribution >= 0.6 is 0 Å². The molecule has 5 aromatic carbocycles. The summed E-state index contributed by atoms with van der Waals surface area (Å²) in [6, 6.07) is 45.7. The Balaban J connectivity index is 0.000000315. The van der Waals surface area contributed by atoms with Crippen LogP contribution in [0, 0.1) is 29.9 Å². The van der Waals surface area contributed by atoms with Crippen molar-refractivity contribution in [3.05, 3.63) is 156 Å². The molecule has 0 bridgehead atoms. The van der Waals surface area contributed by atoms with Gasteiger partial charge in [-0.2, -0.15) is 0 Å². The maximum Gasteiger partial charge on any atom is 0.147 e. The Bertz CT molecular complexity index is 2730. The molecule has 0 aliphatic carbocycles. The summed E-state index contributed by atoms with van der Waals surface area (Å²) in [5.41, 5.74) is 13.5. The van der Waals surface area contributed by atoms with Crippen LogP contribution in [0.4, 0.5) is 0 Å². The van der Waals surface area contributed by atoms with Crippen molar-refractivity contribution in [1.82, 2.24) is 9.97 Å². The fraction of sp³-hybridized carbons (Fsp3) is 0.216. The number of rotatable bonds is 5. The number of pyridine rings is 2. The van der Waals surface area contributed by atoms with Gasteiger partial charge in [-0.1, -0.05) is 96.1 Å². The van der Waals surface area contributed by atoms with E-state index in [1.54, 1.807) is 6.20 Å². The number of fused-ring (bicyclic) bond motifs is 7. The maximum absolute atomic E-state index is 6.94. The smallest absolute Gasteiger partial charge is 0.147 e. The molecule has 9 rings (SSSR count). The van der Waals surface area contributed by atoms with Gasteiger partial charge in [-0.15, -0.1) is 71.8 Å². The van der Waals surface area contributed by atoms with Crippen molar-refractivity contribution in [1.29, 1.82) is 0 Å². The molecule has 0 unspecified atom stereocenters. The van der Waals surface area contributed by atoms with Crippen LogP contribution in [0.2, 0.25) is 0 Å². The normalized spacial score (nSPS) is 11.8. The first-order chi connectivity index (χ1) is 26.4. The first-order valence-corrected chi connectivity index (χ1v) is 19.1. The molecule has 0 spiro atoms. The molecule has 1 radical (unpaired) electrons. The van der Waals surface area contributed by atoms with E-state index in [2.05, 4.69) is 120 Å². The van der Waals surface area contributed by atoms with Gasteiger partial charge >= 0.3 is 0 Å². The van der Waals surface area contributed by atoms with Crippen LogP contribution in [0.15, 0.2) is 136 Å². The minimum Gasteiger partial charge on any atom is -0.455 e. The molecule has 0 aliphatic rings. The molecule has 56 heavy (non-hydrogen) atoms. The van der Waals surface area contributed by atoms with Crippen LogP contribution in [0.25, 0.3) is 77.5 Å². The van der Waals surface area contributed by atoms with E-state index < -0.39 is 0 Å². The maximum atomic E-state index is 6.94. The quantitative estimate of drug-likeness (QED) is 0.161. The van der Waals surface area contributed by atoms with E-state index in [1.165, 1.54) is 11.1 Å². The molecule has 0 atom stereocenters. The first-order valence-electron chi connectivity index (χ1n) is 19.1. The Morgan fingerprint density at radius 1 is 0.536 bits per heavy atom. The largest absolute Gasteiger partial charge is 0.455 e. The third kappa shape index (κ3) is 7.98. The summed E-state index contributed by atoms with van der Waals surface area (Å²) < 4.78 is 13.8. The minimum atomic E-state index is 0. The van der Waals surface area contributed by atoms with Crippen LogP contribution in [0.3, 0.4) is 0 Å². The Morgan fingerprint density at radius 3 is 1.71 bits per heavy atom. The number of aryl methyl sites for hydroxylation is 1. The summed E-state index contributed by atoms with van der Waals surface area (Å²) in [5.74, 6) is 0. The van der Waals surface area contributed by atoms with Crippen LogP contribution in [-0.2, 0) is 32.9 Å². The van der Waals surface area contributed by atoms with Crippen molar-refractivity contribution < 1.29 is 28.9 Å². The van der Waals surface area contributed by atoms with Crippen molar-refractivity contribution in [3.8, 4) is 33.6 Å². The van der Waals surface area contributed by atoms with E-state index in [1.807, 2.05) is 66.9 Å². The topological polar surface area (TPSA) is 52.1 Å². The predicted molar refractivity (Wildman–Crippen MR) is 228 cm³/mol. The van der Waals surface area contributed by atoms with Crippen molar-refractivity contribution in [2.75, 3.05) is 0 Å². The number of hydrogen-bond acceptors (Lipinski definition) is 4. The molecule has 0 aliphatic heterocycles. The fourth-order valence-corrected chi connectivity index (χ4v) is 7.54. The average Bonchev–Trinajstić information content (AvgIpc) is 3.75. The third-order valence-electron chi connectivity index (χ3n) is 9.86. The van der Waals surface area contributed by atoms with E-state index >= 15 is 0 Å². The van der Waals surface area contributed by atoms with Gasteiger partial charge < -0.3 is 18.8 Å². The molecule has 0 fully saturated rings. The SMILES string of the molecule is Cc1cnc(-c2[c-]cccc2)cc1-c1cc2c3cccc(CC(C)(C)C)c3oc2c2c1oc1c(CC(C)(C)C)cccc12.[Ir].[c-]1ccccc1-c1ccccn1. The van der Waals surface area contributed by atoms with E-state index in [-0.39, 0.29) is 30.9 Å². The van der Waals surface area contributed by atoms with Gasteiger partial charge in [0.05, 0.1) is 5.39 Å². The molecule has 0 saturated carbocycles. The average molecular weight is 911 g/mol. The number of hydrogen-bond donors (Lipinski definition) is 0. The summed E-state index contributed by atoms with van der Waals surface area (Å²) in [4.78, 5) is 9.00. The fourth-order valence-electron chi connectivity index (χ4n) is 7.54. The number of furan rings is 2. The van der Waals surface area contributed by atoms with Crippen molar-refractivity contribution in [2.45, 2.75) is 61.3 Å². The Morgan fingerprint density at radius 2 is 1.12 bits per heavy atom. The third-order valence-corrected chi connectivity index (χ3v) is 9.86. The molecule has 0 saturated heterocycles. The van der Waals surface area contributed by atoms with Gasteiger partial charge in [-0.3, -0.25) is 0 Å². The molecule has 4 heterocycles. The number of para-hydroxylation sites is 2. The zero-order valence-corrected chi connectivity index (χ0v) is 35.5. The Hall–Kier alpha value is -5.35. The molecular weight excluding hydrogens is 865 g/mol. The number of nitrogens with zero attached hydrogens (tertiary/aromatic N) is 2. The summed E-state index contributed by atoms with van der Waals surface area (Å²) in [6.45, 7) is 15.8. The van der Waals surface area contributed by atoms with E-state index in [4.69, 9.17) is 13.8 Å². The van der Waals surface area contributed by atoms with Crippen LogP contribution in [0.5, 0.6) is 0 Å². The Labute approximate surface area is 343 Å². The van der Waals surface area contributed by atoms with Crippen LogP contribution < -0.4 is 0 Å². The zero-order chi connectivity index (χ0) is 38.3. The molecule has 283 valence electrons. The van der Waals surface area contributed by atoms with Gasteiger partial charge in [0.25, 0.3) is 0 Å². The second-order valence-corrected chi connectivity index (χ2v) is 16.9. The molecular formula is C51H46IrN2O2-2. The summed E-state index contributed by atoms with van der Waals surface area (Å²) >= 11 is 0. The first kappa shape index (κ1) is 38.9. The monoisotopic (exact) mass is 911 g/mol. The standard InChI is InChI=1S/C40H38NO2.C11H8N.Ir/c1-24-23-41-33(25-13-9-8-10-14-25)20-30(24)32-19-31-28-17-11-15-26(21-39(2,3)4)35(28)42-37(31)34-29-18-12-16-27(22-40(5,6)7)36(29)43-38(32)34;1-2-6-10(7-3-1)11-8-4-5-9-12-11;/h8-13,15-20,23H,21-22H2,1-7H3;1-6,8-9H;/q2*-1;. The Kier molecular flexibility index (Phi) is 10.9. The van der Waals surface area contributed by atoms with Gasteiger partial charge in [0.1, 0.15) is 22.3 Å². The summed E-state index contributed by atoms with van der Waals surface area (Å²) in [5, 5.41) is 4.40. The van der Waals surface area contributed by atoms with Crippen molar-refractivity contribution in [3.63, 3.8) is 0 Å². The van der Waals surface area contributed by atoms with Gasteiger partial charge in [0.2, 0.25) is 0 Å². The zero-order valence-electron chi connectivity index (χ0n) is 33.1. The van der Waals surface area contributed by atoms with Gasteiger partial charge in [0, 0.05) is 54.2 Å². The van der Waals surface area contributed by atoms with Crippen molar-refractivity contribution in [2.24, 2.45) is 10.8 Å². The molecule has 5 heteroatoms.